The minimum Gasteiger partial charge on any atom is -0.310 e. The van der Waals surface area contributed by atoms with E-state index in [4.69, 9.17) is 0 Å². The van der Waals surface area contributed by atoms with Crippen molar-refractivity contribution in [2.75, 3.05) is 0 Å². The van der Waals surface area contributed by atoms with Crippen LogP contribution >= 0.6 is 0 Å². The van der Waals surface area contributed by atoms with Crippen LogP contribution in [-0.4, -0.2) is 11.8 Å². The number of carbonyl (C=O) groups excluding carboxylic acids is 2. The van der Waals surface area contributed by atoms with Crippen LogP contribution in [0.2, 0.25) is 0 Å². The molecule has 0 aromatic heterocycles. The molecule has 1 aliphatic heterocycles. The minimum atomic E-state index is -0.655. The Bertz CT molecular complexity index is 220. The molecule has 0 spiro atoms. The quantitative estimate of drug-likeness (QED) is 0.323. The first-order chi connectivity index (χ1) is 4.74. The Morgan fingerprint density at radius 2 is 1.70 bits per heavy atom. The van der Waals surface area contributed by atoms with E-state index >= 15 is 0 Å². The number of nitrogens with one attached hydrogen (secondary N) is 2. The first-order valence-electron chi connectivity index (χ1n) is 2.66. The second kappa shape index (κ2) is 2.40. The van der Waals surface area contributed by atoms with Gasteiger partial charge in [-0.15, -0.1) is 5.92 Å². The third-order valence-electron chi connectivity index (χ3n) is 0.933. The molecule has 4 heteroatoms. The van der Waals surface area contributed by atoms with Gasteiger partial charge in [-0.05, 0) is 12.8 Å². The Hall–Kier alpha value is -1.50. The highest BCUT2D eigenvalue weighted by molar-refractivity contribution is 6.38. The zero-order valence-electron chi connectivity index (χ0n) is 5.32. The third kappa shape index (κ3) is 1.08. The summed E-state index contributed by atoms with van der Waals surface area (Å²) in [7, 11) is 0. The smallest absolute Gasteiger partial charge is 0.310 e. The molecule has 2 amide bonds. The highest BCUT2D eigenvalue weighted by Gasteiger charge is 2.28. The van der Waals surface area contributed by atoms with Gasteiger partial charge in [-0.1, -0.05) is 0 Å². The molecular weight excluding hydrogens is 132 g/mol. The standard InChI is InChI=1S/C6H5N2O2/c1-2-3-4-7-5(9)6(10)8-4/h1H3,(H,7,9)(H,8,10). The molecule has 0 aliphatic carbocycles. The van der Waals surface area contributed by atoms with Crippen LogP contribution in [0.5, 0.6) is 0 Å². The topological polar surface area (TPSA) is 58.2 Å². The molecule has 0 unspecified atom stereocenters. The minimum absolute atomic E-state index is 0.262. The number of carbonyl (C=O) groups is 2. The van der Waals surface area contributed by atoms with Crippen LogP contribution < -0.4 is 10.6 Å². The van der Waals surface area contributed by atoms with Crippen molar-refractivity contribution in [2.45, 2.75) is 6.92 Å². The predicted octanol–water partition coefficient (Wildman–Crippen LogP) is -1.25. The zero-order valence-corrected chi connectivity index (χ0v) is 5.32. The molecule has 0 atom stereocenters. The van der Waals surface area contributed by atoms with Crippen LogP contribution in [0.3, 0.4) is 0 Å². The summed E-state index contributed by atoms with van der Waals surface area (Å²) in [6.45, 7) is 1.61. The van der Waals surface area contributed by atoms with Gasteiger partial charge in [0.05, 0.1) is 0 Å². The van der Waals surface area contributed by atoms with Gasteiger partial charge < -0.3 is 10.6 Å². The first-order valence-corrected chi connectivity index (χ1v) is 2.66. The lowest BCUT2D eigenvalue weighted by molar-refractivity contribution is -0.135. The largest absolute Gasteiger partial charge is 0.312 e. The van der Waals surface area contributed by atoms with Crippen LogP contribution in [0.1, 0.15) is 6.92 Å². The average Bonchev–Trinajstić information content (AvgIpc) is 2.14. The molecule has 51 valence electrons. The average molecular weight is 137 g/mol. The van der Waals surface area contributed by atoms with Gasteiger partial charge in [-0.3, -0.25) is 9.59 Å². The van der Waals surface area contributed by atoms with Crippen molar-refractivity contribution < 1.29 is 9.59 Å². The van der Waals surface area contributed by atoms with Crippen molar-refractivity contribution in [3.05, 3.63) is 6.17 Å². The van der Waals surface area contributed by atoms with E-state index in [1.54, 1.807) is 6.92 Å². The molecule has 10 heavy (non-hydrogen) atoms. The Kier molecular flexibility index (Phi) is 1.59. The summed E-state index contributed by atoms with van der Waals surface area (Å²) in [6.07, 6.45) is 0.262. The van der Waals surface area contributed by atoms with Gasteiger partial charge in [0.25, 0.3) is 0 Å². The predicted molar refractivity (Wildman–Crippen MR) is 33.0 cm³/mol. The first kappa shape index (κ1) is 6.62. The highest BCUT2D eigenvalue weighted by atomic mass is 16.2. The molecule has 1 radical (unpaired) electrons. The van der Waals surface area contributed by atoms with Crippen LogP contribution in [0.25, 0.3) is 0 Å². The zero-order chi connectivity index (χ0) is 7.56. The van der Waals surface area contributed by atoms with Gasteiger partial charge in [-0.2, -0.15) is 0 Å². The summed E-state index contributed by atoms with van der Waals surface area (Å²) in [5.41, 5.74) is 0. The van der Waals surface area contributed by atoms with E-state index in [1.807, 2.05) is 0 Å². The van der Waals surface area contributed by atoms with E-state index < -0.39 is 11.8 Å². The maximum Gasteiger partial charge on any atom is 0.312 e. The van der Waals surface area contributed by atoms with E-state index in [2.05, 4.69) is 22.5 Å². The lowest BCUT2D eigenvalue weighted by Crippen LogP contribution is -2.20. The highest BCUT2D eigenvalue weighted by Crippen LogP contribution is 1.93. The fraction of sp³-hybridized carbons (Fsp3) is 0.167. The summed E-state index contributed by atoms with van der Waals surface area (Å²) < 4.78 is 0. The summed E-state index contributed by atoms with van der Waals surface area (Å²) in [4.78, 5) is 20.9. The van der Waals surface area contributed by atoms with E-state index in [0.717, 1.165) is 0 Å². The lowest BCUT2D eigenvalue weighted by Gasteiger charge is -1.93. The lowest BCUT2D eigenvalue weighted by atomic mass is 10.5. The Balaban J connectivity index is 2.63. The normalized spacial score (nSPS) is 17.3. The van der Waals surface area contributed by atoms with Crippen LogP contribution in [0, 0.1) is 18.0 Å². The van der Waals surface area contributed by atoms with E-state index in [9.17, 15) is 9.59 Å². The summed E-state index contributed by atoms with van der Waals surface area (Å²) in [5.74, 6) is 3.73. The fourth-order valence-electron chi connectivity index (χ4n) is 0.559. The third-order valence-corrected chi connectivity index (χ3v) is 0.933. The summed E-state index contributed by atoms with van der Waals surface area (Å²) in [5, 5.41) is 4.50. The molecular formula is C6H5N2O2. The molecule has 1 rings (SSSR count). The number of hydrogen-bond donors (Lipinski definition) is 2. The molecule has 4 nitrogen and oxygen atoms in total. The molecule has 0 aromatic rings. The number of amides is 2. The van der Waals surface area contributed by atoms with Gasteiger partial charge >= 0.3 is 11.8 Å². The monoisotopic (exact) mass is 137 g/mol. The van der Waals surface area contributed by atoms with Gasteiger partial charge in [0.15, 0.2) is 0 Å². The molecule has 2 N–H and O–H groups in total. The van der Waals surface area contributed by atoms with Gasteiger partial charge in [0.2, 0.25) is 6.17 Å². The van der Waals surface area contributed by atoms with Crippen molar-refractivity contribution in [1.29, 1.82) is 0 Å². The summed E-state index contributed by atoms with van der Waals surface area (Å²) >= 11 is 0. The van der Waals surface area contributed by atoms with Crippen LogP contribution in [-0.2, 0) is 9.59 Å². The Morgan fingerprint density at radius 1 is 1.20 bits per heavy atom. The SMILES string of the molecule is CC#C[C]1NC(=O)C(=O)N1. The van der Waals surface area contributed by atoms with E-state index in [0.29, 0.717) is 0 Å². The van der Waals surface area contributed by atoms with Crippen molar-refractivity contribution in [3.63, 3.8) is 0 Å². The Labute approximate surface area is 58.0 Å². The van der Waals surface area contributed by atoms with Crippen molar-refractivity contribution in [1.82, 2.24) is 10.6 Å². The van der Waals surface area contributed by atoms with Gasteiger partial charge in [0, 0.05) is 0 Å². The molecule has 1 saturated heterocycles. The van der Waals surface area contributed by atoms with Crippen molar-refractivity contribution in [2.24, 2.45) is 0 Å². The molecule has 0 bridgehead atoms. The van der Waals surface area contributed by atoms with Crippen LogP contribution in [0.4, 0.5) is 0 Å². The molecule has 1 heterocycles. The van der Waals surface area contributed by atoms with Crippen LogP contribution in [0.15, 0.2) is 0 Å². The van der Waals surface area contributed by atoms with Gasteiger partial charge in [0.1, 0.15) is 0 Å². The van der Waals surface area contributed by atoms with Crippen molar-refractivity contribution >= 4 is 11.8 Å². The van der Waals surface area contributed by atoms with Gasteiger partial charge in [-0.25, -0.2) is 0 Å². The Morgan fingerprint density at radius 3 is 2.10 bits per heavy atom. The molecule has 0 aromatic carbocycles. The fourth-order valence-corrected chi connectivity index (χ4v) is 0.559. The van der Waals surface area contributed by atoms with Crippen molar-refractivity contribution in [3.8, 4) is 11.8 Å². The maximum atomic E-state index is 10.4. The number of hydrogen-bond acceptors (Lipinski definition) is 2. The second-order valence-electron chi connectivity index (χ2n) is 1.66. The molecule has 0 saturated carbocycles. The van der Waals surface area contributed by atoms with E-state index in [-0.39, 0.29) is 6.17 Å². The molecule has 1 fully saturated rings. The number of rotatable bonds is 0. The maximum absolute atomic E-state index is 10.4. The van der Waals surface area contributed by atoms with E-state index in [1.165, 1.54) is 0 Å². The second-order valence-corrected chi connectivity index (χ2v) is 1.66. The summed E-state index contributed by atoms with van der Waals surface area (Å²) in [6, 6.07) is 0. The molecule has 1 aliphatic rings.